The Bertz CT molecular complexity index is 153. The molecule has 1 aliphatic heterocycles. The standard InChI is InChI=1S/C9H17NOS/c1-3-12-9(11)10-6-4-8(2)5-7-10/h8H,3-7H2,1-2H3. The highest BCUT2D eigenvalue weighted by atomic mass is 32.2. The van der Waals surface area contributed by atoms with Crippen molar-refractivity contribution in [3.8, 4) is 0 Å². The van der Waals surface area contributed by atoms with Crippen LogP contribution in [0.5, 0.6) is 0 Å². The van der Waals surface area contributed by atoms with Crippen molar-refractivity contribution in [1.29, 1.82) is 0 Å². The van der Waals surface area contributed by atoms with Gasteiger partial charge in [-0.05, 0) is 24.5 Å². The molecule has 0 saturated carbocycles. The van der Waals surface area contributed by atoms with Crippen molar-refractivity contribution in [2.24, 2.45) is 5.92 Å². The molecule has 1 heterocycles. The Morgan fingerprint density at radius 3 is 2.58 bits per heavy atom. The fourth-order valence-electron chi connectivity index (χ4n) is 1.41. The van der Waals surface area contributed by atoms with Gasteiger partial charge >= 0.3 is 0 Å². The van der Waals surface area contributed by atoms with E-state index in [2.05, 4.69) is 6.92 Å². The number of hydrogen-bond acceptors (Lipinski definition) is 2. The van der Waals surface area contributed by atoms with Crippen molar-refractivity contribution in [1.82, 2.24) is 4.90 Å². The average Bonchev–Trinajstić information content (AvgIpc) is 2.06. The predicted molar refractivity (Wildman–Crippen MR) is 53.5 cm³/mol. The lowest BCUT2D eigenvalue weighted by Gasteiger charge is -2.29. The van der Waals surface area contributed by atoms with Crippen LogP contribution < -0.4 is 0 Å². The number of piperidine rings is 1. The second kappa shape index (κ2) is 4.75. The third-order valence-electron chi connectivity index (χ3n) is 2.31. The highest BCUT2D eigenvalue weighted by Crippen LogP contribution is 2.19. The summed E-state index contributed by atoms with van der Waals surface area (Å²) < 4.78 is 0. The minimum Gasteiger partial charge on any atom is -0.334 e. The van der Waals surface area contributed by atoms with Gasteiger partial charge < -0.3 is 4.90 Å². The number of amides is 1. The molecule has 1 aliphatic rings. The molecule has 12 heavy (non-hydrogen) atoms. The second-order valence-corrected chi connectivity index (χ2v) is 4.58. The monoisotopic (exact) mass is 187 g/mol. The topological polar surface area (TPSA) is 20.3 Å². The maximum atomic E-state index is 11.4. The zero-order valence-electron chi connectivity index (χ0n) is 7.88. The Morgan fingerprint density at radius 2 is 2.08 bits per heavy atom. The Morgan fingerprint density at radius 1 is 1.50 bits per heavy atom. The summed E-state index contributed by atoms with van der Waals surface area (Å²) in [6, 6.07) is 0. The molecule has 0 aromatic carbocycles. The molecule has 1 saturated heterocycles. The molecule has 70 valence electrons. The van der Waals surface area contributed by atoms with Crippen LogP contribution in [0.1, 0.15) is 26.7 Å². The molecular weight excluding hydrogens is 170 g/mol. The van der Waals surface area contributed by atoms with Gasteiger partial charge in [0.2, 0.25) is 0 Å². The summed E-state index contributed by atoms with van der Waals surface area (Å²) in [5.74, 6) is 1.70. The Balaban J connectivity index is 2.29. The number of likely N-dealkylation sites (tertiary alicyclic amines) is 1. The van der Waals surface area contributed by atoms with Crippen LogP contribution in [-0.4, -0.2) is 29.0 Å². The zero-order valence-corrected chi connectivity index (χ0v) is 8.69. The van der Waals surface area contributed by atoms with Crippen LogP contribution in [-0.2, 0) is 0 Å². The molecule has 1 fully saturated rings. The van der Waals surface area contributed by atoms with Gasteiger partial charge in [0.15, 0.2) is 0 Å². The molecule has 0 aliphatic carbocycles. The first-order valence-corrected chi connectivity index (χ1v) is 5.64. The van der Waals surface area contributed by atoms with Crippen molar-refractivity contribution in [2.45, 2.75) is 26.7 Å². The third-order valence-corrected chi connectivity index (χ3v) is 3.10. The van der Waals surface area contributed by atoms with Gasteiger partial charge in [-0.15, -0.1) is 0 Å². The lowest BCUT2D eigenvalue weighted by molar-refractivity contribution is 0.197. The van der Waals surface area contributed by atoms with E-state index in [9.17, 15) is 4.79 Å². The minimum absolute atomic E-state index is 0.268. The fourth-order valence-corrected chi connectivity index (χ4v) is 2.02. The van der Waals surface area contributed by atoms with Crippen LogP contribution in [0.25, 0.3) is 0 Å². The maximum absolute atomic E-state index is 11.4. The van der Waals surface area contributed by atoms with E-state index in [0.29, 0.717) is 0 Å². The summed E-state index contributed by atoms with van der Waals surface area (Å²) in [6.07, 6.45) is 2.35. The summed E-state index contributed by atoms with van der Waals surface area (Å²) in [5.41, 5.74) is 0. The molecule has 2 nitrogen and oxygen atoms in total. The van der Waals surface area contributed by atoms with E-state index in [1.807, 2.05) is 11.8 Å². The molecule has 1 rings (SSSR count). The van der Waals surface area contributed by atoms with Gasteiger partial charge in [0, 0.05) is 13.1 Å². The van der Waals surface area contributed by atoms with Gasteiger partial charge in [0.1, 0.15) is 0 Å². The van der Waals surface area contributed by atoms with Gasteiger partial charge in [0.05, 0.1) is 0 Å². The molecule has 0 atom stereocenters. The smallest absolute Gasteiger partial charge is 0.281 e. The van der Waals surface area contributed by atoms with Crippen LogP contribution in [0.2, 0.25) is 0 Å². The third kappa shape index (κ3) is 2.70. The molecule has 3 heteroatoms. The van der Waals surface area contributed by atoms with Crippen molar-refractivity contribution >= 4 is 17.0 Å². The van der Waals surface area contributed by atoms with Crippen molar-refractivity contribution < 1.29 is 4.79 Å². The summed E-state index contributed by atoms with van der Waals surface area (Å²) in [4.78, 5) is 13.4. The van der Waals surface area contributed by atoms with Gasteiger partial charge in [-0.2, -0.15) is 0 Å². The van der Waals surface area contributed by atoms with E-state index in [4.69, 9.17) is 0 Å². The van der Waals surface area contributed by atoms with E-state index >= 15 is 0 Å². The van der Waals surface area contributed by atoms with Crippen LogP contribution >= 0.6 is 11.8 Å². The van der Waals surface area contributed by atoms with Crippen molar-refractivity contribution in [3.05, 3.63) is 0 Å². The summed E-state index contributed by atoms with van der Waals surface area (Å²) >= 11 is 1.43. The molecule has 0 N–H and O–H groups in total. The zero-order chi connectivity index (χ0) is 8.97. The molecule has 0 unspecified atom stereocenters. The van der Waals surface area contributed by atoms with E-state index in [1.54, 1.807) is 0 Å². The number of rotatable bonds is 1. The molecule has 0 aromatic rings. The van der Waals surface area contributed by atoms with Gasteiger partial charge in [-0.3, -0.25) is 4.79 Å². The van der Waals surface area contributed by atoms with E-state index in [1.165, 1.54) is 24.6 Å². The lowest BCUT2D eigenvalue weighted by atomic mass is 10.00. The largest absolute Gasteiger partial charge is 0.334 e. The van der Waals surface area contributed by atoms with Crippen molar-refractivity contribution in [3.63, 3.8) is 0 Å². The number of thioether (sulfide) groups is 1. The quantitative estimate of drug-likeness (QED) is 0.629. The second-order valence-electron chi connectivity index (χ2n) is 3.37. The lowest BCUT2D eigenvalue weighted by Crippen LogP contribution is -2.35. The number of nitrogens with zero attached hydrogens (tertiary/aromatic N) is 1. The first kappa shape index (κ1) is 9.90. The summed E-state index contributed by atoms with van der Waals surface area (Å²) in [5, 5.41) is 0.268. The minimum atomic E-state index is 0.268. The highest BCUT2D eigenvalue weighted by Gasteiger charge is 2.19. The van der Waals surface area contributed by atoms with E-state index in [-0.39, 0.29) is 5.24 Å². The molecule has 0 aromatic heterocycles. The van der Waals surface area contributed by atoms with Gasteiger partial charge in [-0.1, -0.05) is 25.6 Å². The molecular formula is C9H17NOS. The normalized spacial score (nSPS) is 19.7. The van der Waals surface area contributed by atoms with Crippen molar-refractivity contribution in [2.75, 3.05) is 18.8 Å². The maximum Gasteiger partial charge on any atom is 0.281 e. The van der Waals surface area contributed by atoms with Crippen LogP contribution in [0.3, 0.4) is 0 Å². The van der Waals surface area contributed by atoms with Gasteiger partial charge in [-0.25, -0.2) is 0 Å². The number of carbonyl (C=O) groups is 1. The van der Waals surface area contributed by atoms with E-state index < -0.39 is 0 Å². The molecule has 0 bridgehead atoms. The van der Waals surface area contributed by atoms with E-state index in [0.717, 1.165) is 24.8 Å². The summed E-state index contributed by atoms with van der Waals surface area (Å²) in [6.45, 7) is 6.21. The Kier molecular flexibility index (Phi) is 3.92. The first-order chi connectivity index (χ1) is 5.74. The SMILES string of the molecule is CCSC(=O)N1CCC(C)CC1. The molecule has 0 spiro atoms. The van der Waals surface area contributed by atoms with Crippen LogP contribution in [0.4, 0.5) is 4.79 Å². The number of carbonyl (C=O) groups excluding carboxylic acids is 1. The highest BCUT2D eigenvalue weighted by molar-refractivity contribution is 8.13. The Labute approximate surface area is 78.7 Å². The Hall–Kier alpha value is -0.180. The fraction of sp³-hybridized carbons (Fsp3) is 0.889. The summed E-state index contributed by atoms with van der Waals surface area (Å²) in [7, 11) is 0. The van der Waals surface area contributed by atoms with Crippen LogP contribution in [0.15, 0.2) is 0 Å². The molecule has 0 radical (unpaired) electrons. The average molecular weight is 187 g/mol. The van der Waals surface area contributed by atoms with Crippen LogP contribution in [0, 0.1) is 5.92 Å². The predicted octanol–water partition coefficient (Wildman–Crippen LogP) is 2.59. The first-order valence-electron chi connectivity index (χ1n) is 4.65. The van der Waals surface area contributed by atoms with Gasteiger partial charge in [0.25, 0.3) is 5.24 Å². The number of hydrogen-bond donors (Lipinski definition) is 0. The molecule has 1 amide bonds.